The van der Waals surface area contributed by atoms with E-state index in [2.05, 4.69) is 6.07 Å². The highest BCUT2D eigenvalue weighted by Gasteiger charge is 2.25. The van der Waals surface area contributed by atoms with E-state index in [1.165, 1.54) is 0 Å². The largest absolute Gasteiger partial charge is 0.550 e. The molecule has 0 atom stereocenters. The molecule has 0 unspecified atom stereocenters. The van der Waals surface area contributed by atoms with Crippen molar-refractivity contribution in [3.05, 3.63) is 35.0 Å². The summed E-state index contributed by atoms with van der Waals surface area (Å²) in [6, 6.07) is 6.06. The molecule has 20 heavy (non-hydrogen) atoms. The van der Waals surface area contributed by atoms with E-state index in [0.29, 0.717) is 18.7 Å². The molecular weight excluding hydrogens is 254 g/mol. The minimum Gasteiger partial charge on any atom is -0.550 e. The van der Waals surface area contributed by atoms with Gasteiger partial charge in [0, 0.05) is 36.3 Å². The molecule has 3 rings (SSSR count). The molecular formula is C16H16NO3-. The van der Waals surface area contributed by atoms with Gasteiger partial charge in [-0.15, -0.1) is 0 Å². The van der Waals surface area contributed by atoms with Crippen molar-refractivity contribution in [1.82, 2.24) is 4.57 Å². The second-order valence-electron chi connectivity index (χ2n) is 5.40. The molecule has 0 bridgehead atoms. The van der Waals surface area contributed by atoms with Crippen molar-refractivity contribution >= 4 is 22.7 Å². The summed E-state index contributed by atoms with van der Waals surface area (Å²) in [6.45, 7) is 2.32. The zero-order chi connectivity index (χ0) is 14.3. The number of aliphatic carboxylic acids is 1. The van der Waals surface area contributed by atoms with Crippen LogP contribution in [0.5, 0.6) is 0 Å². The van der Waals surface area contributed by atoms with E-state index >= 15 is 0 Å². The summed E-state index contributed by atoms with van der Waals surface area (Å²) in [5.41, 5.74) is 3.89. The Balaban J connectivity index is 2.22. The topological polar surface area (TPSA) is 62.1 Å². The van der Waals surface area contributed by atoms with Crippen LogP contribution in [-0.4, -0.2) is 16.3 Å². The lowest BCUT2D eigenvalue weighted by Gasteiger charge is -2.15. The van der Waals surface area contributed by atoms with Gasteiger partial charge in [0.25, 0.3) is 0 Å². The van der Waals surface area contributed by atoms with E-state index in [9.17, 15) is 14.7 Å². The average molecular weight is 270 g/mol. The molecule has 0 amide bonds. The number of rotatable bonds is 3. The highest BCUT2D eigenvalue weighted by Crippen LogP contribution is 2.32. The lowest BCUT2D eigenvalue weighted by Crippen LogP contribution is -2.24. The minimum atomic E-state index is -1.09. The molecule has 1 aromatic heterocycles. The quantitative estimate of drug-likeness (QED) is 0.851. The third-order valence-electron chi connectivity index (χ3n) is 3.96. The first-order valence-corrected chi connectivity index (χ1v) is 6.92. The van der Waals surface area contributed by atoms with Gasteiger partial charge in [-0.3, -0.25) is 4.79 Å². The maximum atomic E-state index is 12.2. The molecule has 1 heterocycles. The van der Waals surface area contributed by atoms with E-state index < -0.39 is 5.97 Å². The summed E-state index contributed by atoms with van der Waals surface area (Å²) in [5, 5.41) is 11.8. The Kier molecular flexibility index (Phi) is 3.08. The molecule has 1 aliphatic carbocycles. The van der Waals surface area contributed by atoms with Gasteiger partial charge < -0.3 is 14.5 Å². The van der Waals surface area contributed by atoms with Crippen LogP contribution in [0.2, 0.25) is 0 Å². The van der Waals surface area contributed by atoms with E-state index in [1.807, 2.05) is 23.6 Å². The van der Waals surface area contributed by atoms with Gasteiger partial charge in [-0.25, -0.2) is 0 Å². The second kappa shape index (κ2) is 4.78. The lowest BCUT2D eigenvalue weighted by molar-refractivity contribution is -0.305. The van der Waals surface area contributed by atoms with Crippen LogP contribution in [0.3, 0.4) is 0 Å². The van der Waals surface area contributed by atoms with Gasteiger partial charge >= 0.3 is 0 Å². The zero-order valence-corrected chi connectivity index (χ0v) is 11.4. The number of nitrogens with zero attached hydrogens (tertiary/aromatic N) is 1. The highest BCUT2D eigenvalue weighted by molar-refractivity contribution is 6.04. The summed E-state index contributed by atoms with van der Waals surface area (Å²) < 4.78 is 1.86. The third-order valence-corrected chi connectivity index (χ3v) is 3.96. The molecule has 104 valence electrons. The summed E-state index contributed by atoms with van der Waals surface area (Å²) >= 11 is 0. The van der Waals surface area contributed by atoms with Crippen molar-refractivity contribution in [3.63, 3.8) is 0 Å². The Morgan fingerprint density at radius 3 is 2.90 bits per heavy atom. The molecule has 0 aliphatic heterocycles. The highest BCUT2D eigenvalue weighted by atomic mass is 16.4. The Bertz CT molecular complexity index is 712. The number of carbonyl (C=O) groups excluding carboxylic acids is 2. The molecule has 0 fully saturated rings. The van der Waals surface area contributed by atoms with Gasteiger partial charge in [0.2, 0.25) is 0 Å². The van der Waals surface area contributed by atoms with E-state index in [1.54, 1.807) is 0 Å². The first-order chi connectivity index (χ1) is 9.58. The number of benzene rings is 1. The Hall–Kier alpha value is -2.10. The standard InChI is InChI=1S/C16H17NO3/c1-10-5-6-13-12(9-10)11-3-2-4-14(18)16(11)17(13)8-7-15(19)20/h5-6,9H,2-4,7-8H2,1H3,(H,19,20)/p-1. The molecule has 4 heteroatoms. The van der Waals surface area contributed by atoms with Crippen LogP contribution in [-0.2, 0) is 17.8 Å². The summed E-state index contributed by atoms with van der Waals surface area (Å²) in [4.78, 5) is 22.9. The number of hydrogen-bond donors (Lipinski definition) is 0. The van der Waals surface area contributed by atoms with Crippen LogP contribution in [0.25, 0.3) is 10.9 Å². The van der Waals surface area contributed by atoms with Crippen LogP contribution in [0.4, 0.5) is 0 Å². The van der Waals surface area contributed by atoms with Crippen molar-refractivity contribution < 1.29 is 14.7 Å². The van der Waals surface area contributed by atoms with E-state index in [0.717, 1.165) is 34.9 Å². The van der Waals surface area contributed by atoms with Crippen LogP contribution < -0.4 is 5.11 Å². The molecule has 0 radical (unpaired) electrons. The fraction of sp³-hybridized carbons (Fsp3) is 0.375. The Morgan fingerprint density at radius 1 is 1.35 bits per heavy atom. The SMILES string of the molecule is Cc1ccc2c(c1)c1c(n2CCC(=O)[O-])C(=O)CCC1. The third kappa shape index (κ3) is 2.01. The van der Waals surface area contributed by atoms with Gasteiger partial charge in [0.1, 0.15) is 0 Å². The first kappa shape index (κ1) is 12.9. The molecule has 0 spiro atoms. The Labute approximate surface area is 117 Å². The fourth-order valence-electron chi connectivity index (χ4n) is 3.09. The predicted octanol–water partition coefficient (Wildman–Crippen LogP) is 1.61. The van der Waals surface area contributed by atoms with E-state index in [4.69, 9.17) is 0 Å². The molecule has 1 aromatic carbocycles. The number of aryl methyl sites for hydroxylation is 3. The summed E-state index contributed by atoms with van der Waals surface area (Å²) in [7, 11) is 0. The first-order valence-electron chi connectivity index (χ1n) is 6.92. The van der Waals surface area contributed by atoms with Crippen molar-refractivity contribution in [2.75, 3.05) is 0 Å². The van der Waals surface area contributed by atoms with Crippen LogP contribution in [0.15, 0.2) is 18.2 Å². The number of ketones is 1. The average Bonchev–Trinajstić information content (AvgIpc) is 2.71. The molecule has 0 saturated heterocycles. The summed E-state index contributed by atoms with van der Waals surface area (Å²) in [5.74, 6) is -0.963. The van der Waals surface area contributed by atoms with Crippen molar-refractivity contribution in [2.24, 2.45) is 0 Å². The number of carbonyl (C=O) groups is 2. The lowest BCUT2D eigenvalue weighted by atomic mass is 9.94. The van der Waals surface area contributed by atoms with Crippen molar-refractivity contribution in [2.45, 2.75) is 39.2 Å². The van der Waals surface area contributed by atoms with Crippen molar-refractivity contribution in [1.29, 1.82) is 0 Å². The van der Waals surface area contributed by atoms with Crippen LogP contribution in [0, 0.1) is 6.92 Å². The number of Topliss-reactive ketones (excluding diaryl/α,β-unsaturated/α-hetero) is 1. The maximum absolute atomic E-state index is 12.2. The summed E-state index contributed by atoms with van der Waals surface area (Å²) in [6.07, 6.45) is 2.24. The minimum absolute atomic E-state index is 0.0720. The van der Waals surface area contributed by atoms with Gasteiger partial charge in [-0.05, 0) is 37.5 Å². The van der Waals surface area contributed by atoms with Gasteiger partial charge in [0.05, 0.1) is 5.69 Å². The molecule has 0 N–H and O–H groups in total. The molecule has 4 nitrogen and oxygen atoms in total. The molecule has 0 saturated carbocycles. The smallest absolute Gasteiger partial charge is 0.179 e. The normalized spacial score (nSPS) is 14.6. The molecule has 2 aromatic rings. The van der Waals surface area contributed by atoms with Crippen molar-refractivity contribution in [3.8, 4) is 0 Å². The number of aromatic nitrogens is 1. The van der Waals surface area contributed by atoms with Gasteiger partial charge in [0.15, 0.2) is 5.78 Å². The Morgan fingerprint density at radius 2 is 2.15 bits per heavy atom. The van der Waals surface area contributed by atoms with E-state index in [-0.39, 0.29) is 12.2 Å². The molecule has 1 aliphatic rings. The predicted molar refractivity (Wildman–Crippen MR) is 73.6 cm³/mol. The number of hydrogen-bond acceptors (Lipinski definition) is 3. The maximum Gasteiger partial charge on any atom is 0.179 e. The van der Waals surface area contributed by atoms with Crippen LogP contribution >= 0.6 is 0 Å². The second-order valence-corrected chi connectivity index (χ2v) is 5.40. The monoisotopic (exact) mass is 270 g/mol. The van der Waals surface area contributed by atoms with Gasteiger partial charge in [-0.2, -0.15) is 0 Å². The fourth-order valence-corrected chi connectivity index (χ4v) is 3.09. The van der Waals surface area contributed by atoms with Crippen LogP contribution in [0.1, 0.15) is 40.9 Å². The zero-order valence-electron chi connectivity index (χ0n) is 11.4. The number of carboxylic acids is 1. The number of fused-ring (bicyclic) bond motifs is 3. The van der Waals surface area contributed by atoms with Gasteiger partial charge in [-0.1, -0.05) is 11.6 Å². The number of carboxylic acid groups (broad SMARTS) is 1.